The Hall–Kier alpha value is -1.58. The molecule has 0 aromatic heterocycles. The quantitative estimate of drug-likeness (QED) is 0.837. The fourth-order valence-electron chi connectivity index (χ4n) is 3.20. The van der Waals surface area contributed by atoms with E-state index in [9.17, 15) is 8.42 Å². The van der Waals surface area contributed by atoms with Gasteiger partial charge in [0.25, 0.3) is 0 Å². The van der Waals surface area contributed by atoms with Crippen molar-refractivity contribution < 1.29 is 8.42 Å². The summed E-state index contributed by atoms with van der Waals surface area (Å²) in [4.78, 5) is 0.00470. The predicted octanol–water partition coefficient (Wildman–Crippen LogP) is 2.24. The molecule has 2 unspecified atom stereocenters. The van der Waals surface area contributed by atoms with Gasteiger partial charge in [0.2, 0.25) is 10.0 Å². The molecule has 0 radical (unpaired) electrons. The van der Waals surface area contributed by atoms with Gasteiger partial charge in [-0.15, -0.1) is 0 Å². The molecular weight excluding hydrogens is 286 g/mol. The Kier molecular flexibility index (Phi) is 4.55. The molecule has 2 atom stereocenters. The van der Waals surface area contributed by atoms with Crippen LogP contribution in [0.4, 0.5) is 5.69 Å². The summed E-state index contributed by atoms with van der Waals surface area (Å²) in [6.45, 7) is 4.28. The maximum atomic E-state index is 12.5. The van der Waals surface area contributed by atoms with Crippen molar-refractivity contribution in [2.75, 3.05) is 5.73 Å². The molecule has 0 spiro atoms. The lowest BCUT2D eigenvalue weighted by Crippen LogP contribution is -2.40. The first kappa shape index (κ1) is 15.8. The molecule has 1 fully saturated rings. The molecule has 114 valence electrons. The van der Waals surface area contributed by atoms with Crippen LogP contribution >= 0.6 is 0 Å². The van der Waals surface area contributed by atoms with Gasteiger partial charge in [-0.2, -0.15) is 5.26 Å². The molecule has 0 saturated heterocycles. The second-order valence-corrected chi connectivity index (χ2v) is 7.79. The van der Waals surface area contributed by atoms with E-state index < -0.39 is 10.0 Å². The third kappa shape index (κ3) is 3.74. The van der Waals surface area contributed by atoms with E-state index in [4.69, 9.17) is 11.0 Å². The van der Waals surface area contributed by atoms with Crippen molar-refractivity contribution in [3.8, 4) is 6.07 Å². The van der Waals surface area contributed by atoms with Gasteiger partial charge in [-0.05, 0) is 49.3 Å². The Morgan fingerprint density at radius 2 is 1.86 bits per heavy atom. The number of nitrogens with zero attached hydrogens (tertiary/aromatic N) is 1. The number of rotatable bonds is 3. The van der Waals surface area contributed by atoms with Gasteiger partial charge in [0, 0.05) is 11.7 Å². The predicted molar refractivity (Wildman–Crippen MR) is 81.9 cm³/mol. The molecule has 6 heteroatoms. The Morgan fingerprint density at radius 3 is 2.43 bits per heavy atom. The zero-order valence-electron chi connectivity index (χ0n) is 12.3. The number of anilines is 1. The highest BCUT2D eigenvalue weighted by Crippen LogP contribution is 2.29. The van der Waals surface area contributed by atoms with Crippen LogP contribution in [0, 0.1) is 23.2 Å². The normalized spacial score (nSPS) is 26.2. The summed E-state index contributed by atoms with van der Waals surface area (Å²) in [5.41, 5.74) is 6.06. The van der Waals surface area contributed by atoms with Crippen LogP contribution in [0.1, 0.15) is 38.7 Å². The number of nitrogens with one attached hydrogen (secondary N) is 1. The van der Waals surface area contributed by atoms with Crippen molar-refractivity contribution in [3.05, 3.63) is 23.8 Å². The van der Waals surface area contributed by atoms with Crippen LogP contribution < -0.4 is 10.5 Å². The van der Waals surface area contributed by atoms with Crippen molar-refractivity contribution >= 4 is 15.7 Å². The summed E-state index contributed by atoms with van der Waals surface area (Å²) < 4.78 is 27.8. The Morgan fingerprint density at radius 1 is 1.24 bits per heavy atom. The molecule has 0 bridgehead atoms. The van der Waals surface area contributed by atoms with Crippen LogP contribution in [0.3, 0.4) is 0 Å². The van der Waals surface area contributed by atoms with Gasteiger partial charge < -0.3 is 5.73 Å². The number of nitriles is 1. The average Bonchev–Trinajstić information content (AvgIpc) is 2.36. The Balaban J connectivity index is 2.25. The van der Waals surface area contributed by atoms with Crippen molar-refractivity contribution in [3.63, 3.8) is 0 Å². The number of nitrogens with two attached hydrogens (primary N) is 1. The van der Waals surface area contributed by atoms with Crippen LogP contribution in [0.25, 0.3) is 0 Å². The van der Waals surface area contributed by atoms with Crippen LogP contribution in [-0.2, 0) is 10.0 Å². The number of benzene rings is 1. The van der Waals surface area contributed by atoms with Gasteiger partial charge in [-0.25, -0.2) is 13.1 Å². The van der Waals surface area contributed by atoms with Crippen molar-refractivity contribution in [2.45, 2.75) is 44.0 Å². The molecule has 0 aliphatic heterocycles. The van der Waals surface area contributed by atoms with Gasteiger partial charge in [-0.3, -0.25) is 0 Å². The molecule has 21 heavy (non-hydrogen) atoms. The average molecular weight is 307 g/mol. The molecular formula is C15H21N3O2S. The van der Waals surface area contributed by atoms with Gasteiger partial charge >= 0.3 is 0 Å². The molecule has 1 aromatic carbocycles. The maximum absolute atomic E-state index is 12.5. The zero-order valence-corrected chi connectivity index (χ0v) is 13.2. The van der Waals surface area contributed by atoms with Crippen LogP contribution in [0.2, 0.25) is 0 Å². The second kappa shape index (κ2) is 6.04. The standard InChI is InChI=1S/C15H21N3O2S/c1-10-5-11(2)7-14(6-10)18-21(19,20)15-4-3-13(17)8-12(15)9-16/h3-4,8,10-11,14,18H,5-7,17H2,1-2H3. The lowest BCUT2D eigenvalue weighted by Gasteiger charge is -2.31. The smallest absolute Gasteiger partial charge is 0.242 e. The first-order chi connectivity index (χ1) is 9.81. The van der Waals surface area contributed by atoms with Crippen LogP contribution in [-0.4, -0.2) is 14.5 Å². The van der Waals surface area contributed by atoms with Crippen molar-refractivity contribution in [1.82, 2.24) is 4.72 Å². The SMILES string of the molecule is CC1CC(C)CC(NS(=O)(=O)c2ccc(N)cc2C#N)C1. The van der Waals surface area contributed by atoms with Gasteiger partial charge in [0.15, 0.2) is 0 Å². The fourth-order valence-corrected chi connectivity index (χ4v) is 4.59. The molecule has 1 aliphatic carbocycles. The molecule has 0 heterocycles. The highest BCUT2D eigenvalue weighted by molar-refractivity contribution is 7.89. The lowest BCUT2D eigenvalue weighted by molar-refractivity contribution is 0.257. The van der Waals surface area contributed by atoms with E-state index in [0.29, 0.717) is 17.5 Å². The molecule has 3 N–H and O–H groups in total. The Labute approximate surface area is 126 Å². The third-order valence-corrected chi connectivity index (χ3v) is 5.49. The summed E-state index contributed by atoms with van der Waals surface area (Å²) in [6.07, 6.45) is 2.80. The minimum atomic E-state index is -3.69. The summed E-state index contributed by atoms with van der Waals surface area (Å²) in [7, 11) is -3.69. The maximum Gasteiger partial charge on any atom is 0.242 e. The largest absolute Gasteiger partial charge is 0.399 e. The number of nitrogen functional groups attached to an aromatic ring is 1. The van der Waals surface area contributed by atoms with Gasteiger partial charge in [0.1, 0.15) is 6.07 Å². The highest BCUT2D eigenvalue weighted by atomic mass is 32.2. The molecule has 0 amide bonds. The van der Waals surface area contributed by atoms with Crippen LogP contribution in [0.15, 0.2) is 23.1 Å². The first-order valence-electron chi connectivity index (χ1n) is 7.13. The number of sulfonamides is 1. The summed E-state index contributed by atoms with van der Waals surface area (Å²) in [6, 6.07) is 6.11. The summed E-state index contributed by atoms with van der Waals surface area (Å²) >= 11 is 0. The van der Waals surface area contributed by atoms with E-state index in [1.54, 1.807) is 0 Å². The second-order valence-electron chi connectivity index (χ2n) is 6.10. The summed E-state index contributed by atoms with van der Waals surface area (Å²) in [5, 5.41) is 9.10. The van der Waals surface area contributed by atoms with Crippen molar-refractivity contribution in [1.29, 1.82) is 5.26 Å². The van der Waals surface area contributed by atoms with Gasteiger partial charge in [0.05, 0.1) is 10.5 Å². The lowest BCUT2D eigenvalue weighted by atomic mass is 9.81. The topological polar surface area (TPSA) is 96.0 Å². The monoisotopic (exact) mass is 307 g/mol. The van der Waals surface area contributed by atoms with Gasteiger partial charge in [-0.1, -0.05) is 13.8 Å². The van der Waals surface area contributed by atoms with E-state index in [2.05, 4.69) is 18.6 Å². The molecule has 1 aliphatic rings. The zero-order chi connectivity index (χ0) is 15.6. The number of hydrogen-bond donors (Lipinski definition) is 2. The minimum Gasteiger partial charge on any atom is -0.399 e. The molecule has 1 saturated carbocycles. The van der Waals surface area contributed by atoms with E-state index in [1.807, 2.05) is 6.07 Å². The number of hydrogen-bond acceptors (Lipinski definition) is 4. The molecule has 2 rings (SSSR count). The molecule has 5 nitrogen and oxygen atoms in total. The van der Waals surface area contributed by atoms with Crippen molar-refractivity contribution in [2.24, 2.45) is 11.8 Å². The van der Waals surface area contributed by atoms with Crippen LogP contribution in [0.5, 0.6) is 0 Å². The minimum absolute atomic E-state index is 0.00470. The third-order valence-electron chi connectivity index (χ3n) is 3.91. The summed E-state index contributed by atoms with van der Waals surface area (Å²) in [5.74, 6) is 1.01. The van der Waals surface area contributed by atoms with E-state index in [-0.39, 0.29) is 16.5 Å². The highest BCUT2D eigenvalue weighted by Gasteiger charge is 2.29. The van der Waals surface area contributed by atoms with E-state index in [0.717, 1.165) is 19.3 Å². The molecule has 1 aromatic rings. The first-order valence-corrected chi connectivity index (χ1v) is 8.62. The fraction of sp³-hybridized carbons (Fsp3) is 0.533. The Bertz CT molecular complexity index is 654. The van der Waals surface area contributed by atoms with E-state index >= 15 is 0 Å². The van der Waals surface area contributed by atoms with E-state index in [1.165, 1.54) is 18.2 Å².